The van der Waals surface area contributed by atoms with E-state index in [4.69, 9.17) is 10.2 Å². The van der Waals surface area contributed by atoms with Crippen molar-refractivity contribution in [2.45, 2.75) is 26.1 Å². The molecule has 0 aliphatic carbocycles. The van der Waals surface area contributed by atoms with Gasteiger partial charge in [0.2, 0.25) is 0 Å². The van der Waals surface area contributed by atoms with Crippen LogP contribution in [-0.4, -0.2) is 44.2 Å². The van der Waals surface area contributed by atoms with Crippen LogP contribution in [0.2, 0.25) is 0 Å². The van der Waals surface area contributed by atoms with Crippen molar-refractivity contribution in [1.29, 1.82) is 0 Å². The predicted octanol–water partition coefficient (Wildman–Crippen LogP) is -1.26. The van der Waals surface area contributed by atoms with Crippen molar-refractivity contribution in [2.75, 3.05) is 13.2 Å². The first kappa shape index (κ1) is 11.1. The van der Waals surface area contributed by atoms with Gasteiger partial charge in [0.15, 0.2) is 0 Å². The molecular weight excluding hydrogens is 184 g/mol. The van der Waals surface area contributed by atoms with Crippen molar-refractivity contribution in [1.82, 2.24) is 20.1 Å². The summed E-state index contributed by atoms with van der Waals surface area (Å²) in [6, 6.07) is -0.294. The van der Waals surface area contributed by atoms with Gasteiger partial charge in [-0.15, -0.1) is 0 Å². The third kappa shape index (κ3) is 2.76. The lowest BCUT2D eigenvalue weighted by Gasteiger charge is -2.12. The molecule has 0 fully saturated rings. The maximum atomic E-state index is 8.82. The highest BCUT2D eigenvalue weighted by atomic mass is 16.3. The predicted molar refractivity (Wildman–Crippen MR) is 50.5 cm³/mol. The molecule has 6 nitrogen and oxygen atoms in total. The topological polar surface area (TPSA) is 83.2 Å². The second-order valence-electron chi connectivity index (χ2n) is 2.94. The molecule has 3 N–H and O–H groups in total. The number of aliphatic hydroxyl groups is 2. The molecular formula is C8H16N4O2. The van der Waals surface area contributed by atoms with Crippen molar-refractivity contribution in [3.8, 4) is 0 Å². The van der Waals surface area contributed by atoms with Gasteiger partial charge in [-0.3, -0.25) is 0 Å². The molecule has 14 heavy (non-hydrogen) atoms. The molecule has 0 amide bonds. The third-order valence-electron chi connectivity index (χ3n) is 1.98. The fraction of sp³-hybridized carbons (Fsp3) is 0.750. The minimum Gasteiger partial charge on any atom is -0.395 e. The molecule has 0 radical (unpaired) electrons. The van der Waals surface area contributed by atoms with Gasteiger partial charge in [-0.1, -0.05) is 0 Å². The molecule has 1 rings (SSSR count). The molecule has 0 spiro atoms. The first-order chi connectivity index (χ1) is 6.81. The summed E-state index contributed by atoms with van der Waals surface area (Å²) in [5.74, 6) is 0.805. The summed E-state index contributed by atoms with van der Waals surface area (Å²) < 4.78 is 1.76. The molecule has 0 aromatic carbocycles. The third-order valence-corrected chi connectivity index (χ3v) is 1.98. The first-order valence-electron chi connectivity index (χ1n) is 4.63. The number of nitrogens with one attached hydrogen (secondary N) is 1. The number of nitrogens with zero attached hydrogens (tertiary/aromatic N) is 3. The maximum Gasteiger partial charge on any atom is 0.140 e. The van der Waals surface area contributed by atoms with Gasteiger partial charge in [0.05, 0.1) is 25.8 Å². The Balaban J connectivity index is 2.44. The zero-order valence-electron chi connectivity index (χ0n) is 8.22. The number of hydrogen-bond donors (Lipinski definition) is 3. The summed E-state index contributed by atoms with van der Waals surface area (Å²) in [6.45, 7) is 3.07. The van der Waals surface area contributed by atoms with E-state index in [0.29, 0.717) is 6.54 Å². The van der Waals surface area contributed by atoms with E-state index in [1.54, 1.807) is 4.68 Å². The highest BCUT2D eigenvalue weighted by molar-refractivity contribution is 4.84. The second kappa shape index (κ2) is 5.69. The highest BCUT2D eigenvalue weighted by Crippen LogP contribution is 1.94. The lowest BCUT2D eigenvalue weighted by atomic mass is 10.3. The Labute approximate surface area is 82.6 Å². The normalized spacial score (nSPS) is 11.1. The van der Waals surface area contributed by atoms with Gasteiger partial charge in [-0.2, -0.15) is 5.10 Å². The van der Waals surface area contributed by atoms with Crippen LogP contribution in [-0.2, 0) is 13.1 Å². The number of aromatic nitrogens is 3. The van der Waals surface area contributed by atoms with Gasteiger partial charge >= 0.3 is 0 Å². The Bertz CT molecular complexity index is 260. The molecule has 1 aromatic rings. The van der Waals surface area contributed by atoms with Crippen molar-refractivity contribution in [3.63, 3.8) is 0 Å². The SMILES string of the molecule is CCn1ncnc1CNC(CO)CO. The maximum absolute atomic E-state index is 8.82. The average Bonchev–Trinajstić information content (AvgIpc) is 2.67. The van der Waals surface area contributed by atoms with E-state index in [-0.39, 0.29) is 19.3 Å². The zero-order chi connectivity index (χ0) is 10.4. The Morgan fingerprint density at radius 2 is 2.21 bits per heavy atom. The summed E-state index contributed by atoms with van der Waals surface area (Å²) in [7, 11) is 0. The number of hydrogen-bond acceptors (Lipinski definition) is 5. The Morgan fingerprint density at radius 3 is 2.79 bits per heavy atom. The smallest absolute Gasteiger partial charge is 0.140 e. The molecule has 0 atom stereocenters. The average molecular weight is 200 g/mol. The quantitative estimate of drug-likeness (QED) is 0.534. The molecule has 0 aliphatic heterocycles. The van der Waals surface area contributed by atoms with E-state index in [2.05, 4.69) is 15.4 Å². The van der Waals surface area contributed by atoms with E-state index < -0.39 is 0 Å². The lowest BCUT2D eigenvalue weighted by Crippen LogP contribution is -2.35. The van der Waals surface area contributed by atoms with Crippen molar-refractivity contribution in [2.24, 2.45) is 0 Å². The summed E-state index contributed by atoms with van der Waals surface area (Å²) in [5.41, 5.74) is 0. The summed E-state index contributed by atoms with van der Waals surface area (Å²) in [4.78, 5) is 4.05. The molecule has 1 aromatic heterocycles. The van der Waals surface area contributed by atoms with Crippen LogP contribution < -0.4 is 5.32 Å². The number of aryl methyl sites for hydroxylation is 1. The molecule has 0 aliphatic rings. The van der Waals surface area contributed by atoms with Crippen molar-refractivity contribution >= 4 is 0 Å². The summed E-state index contributed by atoms with van der Waals surface area (Å²) in [6.07, 6.45) is 1.49. The fourth-order valence-electron chi connectivity index (χ4n) is 1.11. The number of rotatable bonds is 6. The molecule has 6 heteroatoms. The van der Waals surface area contributed by atoms with Crippen LogP contribution in [0.5, 0.6) is 0 Å². The summed E-state index contributed by atoms with van der Waals surface area (Å²) in [5, 5.41) is 24.6. The van der Waals surface area contributed by atoms with E-state index >= 15 is 0 Å². The van der Waals surface area contributed by atoms with E-state index in [1.807, 2.05) is 6.92 Å². The zero-order valence-corrected chi connectivity index (χ0v) is 8.22. The van der Waals surface area contributed by atoms with Crippen LogP contribution in [0.1, 0.15) is 12.7 Å². The Morgan fingerprint density at radius 1 is 1.50 bits per heavy atom. The van der Waals surface area contributed by atoms with Crippen LogP contribution in [0.15, 0.2) is 6.33 Å². The van der Waals surface area contributed by atoms with Crippen LogP contribution in [0.4, 0.5) is 0 Å². The molecule has 80 valence electrons. The minimum absolute atomic E-state index is 0.0865. The van der Waals surface area contributed by atoms with Crippen LogP contribution in [0, 0.1) is 0 Å². The van der Waals surface area contributed by atoms with E-state index in [0.717, 1.165) is 12.4 Å². The fourth-order valence-corrected chi connectivity index (χ4v) is 1.11. The largest absolute Gasteiger partial charge is 0.395 e. The van der Waals surface area contributed by atoms with Crippen LogP contribution in [0.3, 0.4) is 0 Å². The van der Waals surface area contributed by atoms with Crippen LogP contribution in [0.25, 0.3) is 0 Å². The molecule has 0 bridgehead atoms. The Kier molecular flexibility index (Phi) is 4.51. The van der Waals surface area contributed by atoms with Gasteiger partial charge in [0, 0.05) is 6.54 Å². The molecule has 0 unspecified atom stereocenters. The van der Waals surface area contributed by atoms with E-state index in [9.17, 15) is 0 Å². The van der Waals surface area contributed by atoms with Crippen LogP contribution >= 0.6 is 0 Å². The van der Waals surface area contributed by atoms with Gasteiger partial charge in [-0.05, 0) is 6.92 Å². The standard InChI is InChI=1S/C8H16N4O2/c1-2-12-8(10-6-11-12)3-9-7(4-13)5-14/h6-7,9,13-14H,2-5H2,1H3. The van der Waals surface area contributed by atoms with Gasteiger partial charge in [-0.25, -0.2) is 9.67 Å². The van der Waals surface area contributed by atoms with E-state index in [1.165, 1.54) is 6.33 Å². The number of aliphatic hydroxyl groups excluding tert-OH is 2. The highest BCUT2D eigenvalue weighted by Gasteiger charge is 2.07. The van der Waals surface area contributed by atoms with Crippen molar-refractivity contribution in [3.05, 3.63) is 12.2 Å². The minimum atomic E-state index is -0.294. The molecule has 0 saturated carbocycles. The van der Waals surface area contributed by atoms with Gasteiger partial charge in [0.25, 0.3) is 0 Å². The monoisotopic (exact) mass is 200 g/mol. The van der Waals surface area contributed by atoms with Crippen molar-refractivity contribution < 1.29 is 10.2 Å². The summed E-state index contributed by atoms with van der Waals surface area (Å²) >= 11 is 0. The van der Waals surface area contributed by atoms with Gasteiger partial charge < -0.3 is 15.5 Å². The second-order valence-corrected chi connectivity index (χ2v) is 2.94. The first-order valence-corrected chi connectivity index (χ1v) is 4.63. The lowest BCUT2D eigenvalue weighted by molar-refractivity contribution is 0.169. The molecule has 0 saturated heterocycles. The van der Waals surface area contributed by atoms with Gasteiger partial charge in [0.1, 0.15) is 12.2 Å². The molecule has 1 heterocycles. The Hall–Kier alpha value is -0.980.